The molecule has 6 atom stereocenters. The van der Waals surface area contributed by atoms with Crippen molar-refractivity contribution >= 4 is 0 Å². The van der Waals surface area contributed by atoms with E-state index in [0.717, 1.165) is 29.6 Å². The number of hydrogen-bond donors (Lipinski definition) is 0. The topological polar surface area (TPSA) is 0 Å². The molecule has 0 radical (unpaired) electrons. The van der Waals surface area contributed by atoms with Gasteiger partial charge in [0.2, 0.25) is 0 Å². The summed E-state index contributed by atoms with van der Waals surface area (Å²) in [5.41, 5.74) is 2.82. The normalized spacial score (nSPS) is 40.4. The van der Waals surface area contributed by atoms with Crippen molar-refractivity contribution in [2.75, 3.05) is 0 Å². The molecule has 3 fully saturated rings. The van der Waals surface area contributed by atoms with E-state index < -0.39 is 0 Å². The fourth-order valence-electron chi connectivity index (χ4n) is 7.42. The summed E-state index contributed by atoms with van der Waals surface area (Å²) in [6.07, 6.45) is 17.1. The van der Waals surface area contributed by atoms with Gasteiger partial charge in [0.1, 0.15) is 0 Å². The number of allylic oxidation sites excluding steroid dienone is 2. The summed E-state index contributed by atoms with van der Waals surface area (Å²) in [7, 11) is 0. The second-order valence-corrected chi connectivity index (χ2v) is 11.0. The van der Waals surface area contributed by atoms with Crippen LogP contribution in [-0.4, -0.2) is 0 Å². The highest BCUT2D eigenvalue weighted by Gasteiger charge is 2.51. The molecule has 0 heteroatoms. The standard InChI is InChI=1S/C25H44.C2H4.CH4/c1-7-8-19(3)22-12-10-20-9-11-21-17-18(2)13-16-25(21,6)23(20)14-15-24(22,4)5;1-2;/h8,18,20-23H,7,9-17H2,1-6H3;1-2H2;1H4/b19-8+;;. The molecule has 0 aromatic heterocycles. The zero-order valence-electron chi connectivity index (χ0n) is 19.4. The molecular formula is C28H52. The van der Waals surface area contributed by atoms with Crippen molar-refractivity contribution in [3.8, 4) is 0 Å². The minimum absolute atomic E-state index is 0. The zero-order chi connectivity index (χ0) is 20.2. The maximum Gasteiger partial charge on any atom is -0.0155 e. The van der Waals surface area contributed by atoms with Gasteiger partial charge in [-0.15, -0.1) is 13.2 Å². The summed E-state index contributed by atoms with van der Waals surface area (Å²) in [6, 6.07) is 0. The number of rotatable bonds is 2. The Morgan fingerprint density at radius 1 is 0.964 bits per heavy atom. The second kappa shape index (κ2) is 10.5. The van der Waals surface area contributed by atoms with Gasteiger partial charge < -0.3 is 0 Å². The molecule has 164 valence electrons. The third-order valence-electron chi connectivity index (χ3n) is 9.04. The minimum Gasteiger partial charge on any atom is -0.106 e. The Kier molecular flexibility index (Phi) is 9.56. The van der Waals surface area contributed by atoms with Crippen molar-refractivity contribution in [1.29, 1.82) is 0 Å². The van der Waals surface area contributed by atoms with E-state index in [-0.39, 0.29) is 7.43 Å². The molecule has 0 heterocycles. The Morgan fingerprint density at radius 2 is 1.61 bits per heavy atom. The first-order chi connectivity index (χ1) is 12.8. The Hall–Kier alpha value is -0.520. The van der Waals surface area contributed by atoms with Gasteiger partial charge in [-0.2, -0.15) is 0 Å². The Bertz CT molecular complexity index is 498. The smallest absolute Gasteiger partial charge is 0.0155 e. The fraction of sp³-hybridized carbons (Fsp3) is 0.857. The molecular weight excluding hydrogens is 336 g/mol. The first kappa shape index (κ1) is 25.5. The first-order valence-corrected chi connectivity index (χ1v) is 11.9. The summed E-state index contributed by atoms with van der Waals surface area (Å²) in [5.74, 6) is 4.84. The largest absolute Gasteiger partial charge is 0.106 e. The summed E-state index contributed by atoms with van der Waals surface area (Å²) in [4.78, 5) is 0. The summed E-state index contributed by atoms with van der Waals surface area (Å²) in [5, 5.41) is 0. The molecule has 0 aromatic carbocycles. The molecule has 0 aliphatic heterocycles. The molecule has 3 saturated carbocycles. The van der Waals surface area contributed by atoms with Crippen molar-refractivity contribution in [3.63, 3.8) is 0 Å². The highest BCUT2D eigenvalue weighted by atomic mass is 14.6. The Balaban J connectivity index is 0.00000127. The van der Waals surface area contributed by atoms with Crippen LogP contribution in [0.25, 0.3) is 0 Å². The predicted molar refractivity (Wildman–Crippen MR) is 129 cm³/mol. The minimum atomic E-state index is 0. The van der Waals surface area contributed by atoms with Gasteiger partial charge in [0.15, 0.2) is 0 Å². The molecule has 0 saturated heterocycles. The number of hydrogen-bond acceptors (Lipinski definition) is 0. The van der Waals surface area contributed by atoms with Gasteiger partial charge in [0.05, 0.1) is 0 Å². The third-order valence-corrected chi connectivity index (χ3v) is 9.04. The Morgan fingerprint density at radius 3 is 2.25 bits per heavy atom. The average molecular weight is 389 g/mol. The lowest BCUT2D eigenvalue weighted by Crippen LogP contribution is -2.48. The molecule has 0 bridgehead atoms. The zero-order valence-corrected chi connectivity index (χ0v) is 19.4. The summed E-state index contributed by atoms with van der Waals surface area (Å²) < 4.78 is 0. The van der Waals surface area contributed by atoms with Gasteiger partial charge in [-0.25, -0.2) is 0 Å². The lowest BCUT2D eigenvalue weighted by molar-refractivity contribution is -0.0672. The first-order valence-electron chi connectivity index (χ1n) is 11.9. The number of fused-ring (bicyclic) bond motifs is 3. The molecule has 0 nitrogen and oxygen atoms in total. The van der Waals surface area contributed by atoms with Crippen molar-refractivity contribution in [1.82, 2.24) is 0 Å². The molecule has 0 aromatic rings. The predicted octanol–water partition coefficient (Wildman–Crippen LogP) is 9.47. The van der Waals surface area contributed by atoms with Crippen LogP contribution in [0.2, 0.25) is 0 Å². The molecule has 0 N–H and O–H groups in total. The SMILES string of the molecule is C.C=C.CC/C=C(\C)C1CCC2CCC3CC(C)CCC3(C)C2CCC1(C)C. The highest BCUT2D eigenvalue weighted by molar-refractivity contribution is 5.09. The quantitative estimate of drug-likeness (QED) is 0.413. The second-order valence-electron chi connectivity index (χ2n) is 11.0. The maximum absolute atomic E-state index is 3.00. The van der Waals surface area contributed by atoms with Gasteiger partial charge in [-0.1, -0.05) is 60.1 Å². The fourth-order valence-corrected chi connectivity index (χ4v) is 7.42. The molecule has 3 rings (SSSR count). The van der Waals surface area contributed by atoms with E-state index in [1.165, 1.54) is 64.2 Å². The van der Waals surface area contributed by atoms with Crippen LogP contribution < -0.4 is 0 Å². The summed E-state index contributed by atoms with van der Waals surface area (Å²) in [6.45, 7) is 21.0. The van der Waals surface area contributed by atoms with E-state index in [9.17, 15) is 0 Å². The molecule has 28 heavy (non-hydrogen) atoms. The van der Waals surface area contributed by atoms with E-state index in [2.05, 4.69) is 60.8 Å². The van der Waals surface area contributed by atoms with Crippen LogP contribution in [0.15, 0.2) is 24.8 Å². The van der Waals surface area contributed by atoms with Crippen LogP contribution in [0.4, 0.5) is 0 Å². The van der Waals surface area contributed by atoms with Crippen LogP contribution >= 0.6 is 0 Å². The van der Waals surface area contributed by atoms with Gasteiger partial charge >= 0.3 is 0 Å². The van der Waals surface area contributed by atoms with E-state index in [4.69, 9.17) is 0 Å². The van der Waals surface area contributed by atoms with Crippen LogP contribution in [0.1, 0.15) is 113 Å². The van der Waals surface area contributed by atoms with Gasteiger partial charge in [0, 0.05) is 0 Å². The van der Waals surface area contributed by atoms with Gasteiger partial charge in [0.25, 0.3) is 0 Å². The molecule has 6 unspecified atom stereocenters. The van der Waals surface area contributed by atoms with E-state index in [1.54, 1.807) is 5.57 Å². The lowest BCUT2D eigenvalue weighted by atomic mass is 9.48. The highest BCUT2D eigenvalue weighted by Crippen LogP contribution is 2.60. The Labute approximate surface area is 178 Å². The van der Waals surface area contributed by atoms with Crippen molar-refractivity contribution in [3.05, 3.63) is 24.8 Å². The third kappa shape index (κ3) is 5.14. The molecule has 0 amide bonds. The monoisotopic (exact) mass is 388 g/mol. The van der Waals surface area contributed by atoms with Crippen molar-refractivity contribution in [2.45, 2.75) is 113 Å². The van der Waals surface area contributed by atoms with Crippen molar-refractivity contribution < 1.29 is 0 Å². The molecule has 0 spiro atoms. The average Bonchev–Trinajstić information content (AvgIpc) is 2.62. The van der Waals surface area contributed by atoms with E-state index >= 15 is 0 Å². The van der Waals surface area contributed by atoms with E-state index in [1.807, 2.05) is 0 Å². The van der Waals surface area contributed by atoms with Crippen LogP contribution in [0.5, 0.6) is 0 Å². The summed E-state index contributed by atoms with van der Waals surface area (Å²) >= 11 is 0. The van der Waals surface area contributed by atoms with E-state index in [0.29, 0.717) is 10.8 Å². The van der Waals surface area contributed by atoms with Gasteiger partial charge in [-0.3, -0.25) is 0 Å². The van der Waals surface area contributed by atoms with Crippen LogP contribution in [-0.2, 0) is 0 Å². The van der Waals surface area contributed by atoms with Crippen molar-refractivity contribution in [2.24, 2.45) is 40.4 Å². The molecule has 3 aliphatic carbocycles. The molecule has 3 aliphatic rings. The van der Waals surface area contributed by atoms with Gasteiger partial charge in [-0.05, 0) is 105 Å². The van der Waals surface area contributed by atoms with Crippen LogP contribution in [0.3, 0.4) is 0 Å². The maximum atomic E-state index is 3.00. The van der Waals surface area contributed by atoms with Crippen LogP contribution in [0, 0.1) is 40.4 Å². The lowest BCUT2D eigenvalue weighted by Gasteiger charge is -2.57.